The molecule has 2 aromatic heterocycles. The quantitative estimate of drug-likeness (QED) is 0.340. The Morgan fingerprint density at radius 2 is 2.04 bits per heavy atom. The summed E-state index contributed by atoms with van der Waals surface area (Å²) in [6.07, 6.45) is 0.125. The average molecular weight is 520 g/mol. The molecule has 0 saturated heterocycles. The first kappa shape index (κ1) is 21.3. The van der Waals surface area contributed by atoms with Gasteiger partial charge in [-0.1, -0.05) is 15.9 Å². The number of rotatable bonds is 6. The molecule has 0 unspecified atom stereocenters. The third-order valence-corrected chi connectivity index (χ3v) is 4.80. The maximum absolute atomic E-state index is 11.6. The highest BCUT2D eigenvalue weighted by Gasteiger charge is 2.10. The molecule has 0 aliphatic heterocycles. The molecule has 0 saturated carbocycles. The van der Waals surface area contributed by atoms with Gasteiger partial charge in [-0.3, -0.25) is 14.4 Å². The largest absolute Gasteiger partial charge is 0.466 e. The Balaban J connectivity index is 0.00000261. The third kappa shape index (κ3) is 5.27. The van der Waals surface area contributed by atoms with Gasteiger partial charge in [0, 0.05) is 16.4 Å². The van der Waals surface area contributed by atoms with Crippen LogP contribution in [-0.2, 0) is 22.5 Å². The van der Waals surface area contributed by atoms with E-state index in [9.17, 15) is 14.4 Å². The van der Waals surface area contributed by atoms with E-state index < -0.39 is 11.1 Å². The number of halogens is 2. The molecule has 0 amide bonds. The molecule has 27 heavy (non-hydrogen) atoms. The van der Waals surface area contributed by atoms with Crippen molar-refractivity contribution in [3.8, 4) is 0 Å². The summed E-state index contributed by atoms with van der Waals surface area (Å²) in [5, 5.41) is 5.59. The van der Waals surface area contributed by atoms with Gasteiger partial charge in [-0.15, -0.1) is 28.3 Å². The highest BCUT2D eigenvalue weighted by Crippen LogP contribution is 2.22. The normalized spacial score (nSPS) is 10.4. The molecule has 3 rings (SSSR count). The van der Waals surface area contributed by atoms with Crippen molar-refractivity contribution in [2.45, 2.75) is 19.9 Å². The van der Waals surface area contributed by atoms with Crippen LogP contribution in [0.15, 0.2) is 31.6 Å². The fourth-order valence-electron chi connectivity index (χ4n) is 2.40. The van der Waals surface area contributed by atoms with Gasteiger partial charge in [0.15, 0.2) is 5.13 Å². The van der Waals surface area contributed by atoms with Gasteiger partial charge >= 0.3 is 17.1 Å². The molecule has 0 atom stereocenters. The molecule has 0 aliphatic carbocycles. The molecule has 0 spiro atoms. The fourth-order valence-corrected chi connectivity index (χ4v) is 3.61. The van der Waals surface area contributed by atoms with E-state index in [0.29, 0.717) is 35.0 Å². The van der Waals surface area contributed by atoms with Gasteiger partial charge in [-0.25, -0.2) is 4.98 Å². The van der Waals surface area contributed by atoms with E-state index in [0.717, 1.165) is 10.0 Å². The van der Waals surface area contributed by atoms with Crippen molar-refractivity contribution >= 4 is 66.4 Å². The van der Waals surface area contributed by atoms with Crippen molar-refractivity contribution in [1.82, 2.24) is 15.0 Å². The maximum atomic E-state index is 11.6. The number of aromatic nitrogens is 3. The molecule has 11 heteroatoms. The second-order valence-electron chi connectivity index (χ2n) is 5.38. The molecule has 0 aliphatic rings. The lowest BCUT2D eigenvalue weighted by atomic mass is 10.2. The van der Waals surface area contributed by atoms with E-state index in [-0.39, 0.29) is 29.4 Å². The Morgan fingerprint density at radius 1 is 1.30 bits per heavy atom. The van der Waals surface area contributed by atoms with Crippen molar-refractivity contribution in [2.75, 3.05) is 11.9 Å². The molecule has 0 radical (unpaired) electrons. The highest BCUT2D eigenvalue weighted by molar-refractivity contribution is 9.10. The minimum atomic E-state index is -0.702. The number of benzene rings is 1. The molecule has 0 bridgehead atoms. The lowest BCUT2D eigenvalue weighted by molar-refractivity contribution is -0.142. The first-order chi connectivity index (χ1) is 12.5. The van der Waals surface area contributed by atoms with Gasteiger partial charge in [0.1, 0.15) is 0 Å². The van der Waals surface area contributed by atoms with E-state index in [1.54, 1.807) is 18.4 Å². The molecular weight excluding hydrogens is 504 g/mol. The van der Waals surface area contributed by atoms with Crippen LogP contribution in [-0.4, -0.2) is 27.5 Å². The van der Waals surface area contributed by atoms with Crippen molar-refractivity contribution in [1.29, 1.82) is 0 Å². The van der Waals surface area contributed by atoms with E-state index >= 15 is 0 Å². The number of nitrogens with one attached hydrogen (secondary N) is 3. The number of thiazole rings is 1. The minimum absolute atomic E-state index is 0. The zero-order chi connectivity index (χ0) is 18.7. The van der Waals surface area contributed by atoms with Gasteiger partial charge in [0.05, 0.1) is 29.8 Å². The Bertz CT molecular complexity index is 1080. The number of esters is 1. The summed E-state index contributed by atoms with van der Waals surface area (Å²) in [5.74, 6) is -0.316. The predicted octanol–water partition coefficient (Wildman–Crippen LogP) is 2.73. The molecule has 0 fully saturated rings. The number of aromatic amines is 2. The predicted molar refractivity (Wildman–Crippen MR) is 113 cm³/mol. The third-order valence-electron chi connectivity index (χ3n) is 3.49. The van der Waals surface area contributed by atoms with Crippen molar-refractivity contribution in [3.63, 3.8) is 0 Å². The van der Waals surface area contributed by atoms with Gasteiger partial charge in [-0.2, -0.15) is 0 Å². The van der Waals surface area contributed by atoms with E-state index in [2.05, 4.69) is 36.2 Å². The number of hydrogen-bond acceptors (Lipinski definition) is 7. The van der Waals surface area contributed by atoms with Crippen LogP contribution in [0.3, 0.4) is 0 Å². The van der Waals surface area contributed by atoms with Crippen LogP contribution < -0.4 is 16.4 Å². The monoisotopic (exact) mass is 518 g/mol. The highest BCUT2D eigenvalue weighted by atomic mass is 79.9. The van der Waals surface area contributed by atoms with Crippen LogP contribution in [0.25, 0.3) is 11.0 Å². The van der Waals surface area contributed by atoms with Gasteiger partial charge in [0.2, 0.25) is 0 Å². The molecule has 144 valence electrons. The molecule has 3 aromatic rings. The van der Waals surface area contributed by atoms with Crippen molar-refractivity contribution < 1.29 is 9.53 Å². The SMILES string of the molecule is Br.CCOC(=O)Cc1csc(NCc2cc(Br)cc3[nH]c(=O)c(=O)[nH]c23)n1. The van der Waals surface area contributed by atoms with Gasteiger partial charge in [0.25, 0.3) is 0 Å². The summed E-state index contributed by atoms with van der Waals surface area (Å²) < 4.78 is 5.67. The Kier molecular flexibility index (Phi) is 7.33. The average Bonchev–Trinajstić information content (AvgIpc) is 3.02. The number of anilines is 1. The first-order valence-electron chi connectivity index (χ1n) is 7.75. The molecule has 3 N–H and O–H groups in total. The summed E-state index contributed by atoms with van der Waals surface area (Å²) in [5.41, 5.74) is 1.10. The van der Waals surface area contributed by atoms with Gasteiger partial charge in [-0.05, 0) is 24.6 Å². The van der Waals surface area contributed by atoms with Crippen LogP contribution in [0.4, 0.5) is 5.13 Å². The number of fused-ring (bicyclic) bond motifs is 1. The molecule has 1 aromatic carbocycles. The van der Waals surface area contributed by atoms with Crippen molar-refractivity contribution in [2.24, 2.45) is 0 Å². The first-order valence-corrected chi connectivity index (χ1v) is 9.42. The Labute approximate surface area is 176 Å². The molecular formula is C16H16Br2N4O4S. The lowest BCUT2D eigenvalue weighted by Gasteiger charge is -2.08. The summed E-state index contributed by atoms with van der Waals surface area (Å²) in [7, 11) is 0. The van der Waals surface area contributed by atoms with Gasteiger partial charge < -0.3 is 20.0 Å². The van der Waals surface area contributed by atoms with E-state index in [1.165, 1.54) is 11.3 Å². The molecule has 2 heterocycles. The zero-order valence-corrected chi connectivity index (χ0v) is 18.2. The lowest BCUT2D eigenvalue weighted by Crippen LogP contribution is -2.29. The standard InChI is InChI=1S/C16H15BrN4O4S.BrH/c1-2-25-12(22)5-10-7-26-16(19-10)18-6-8-3-9(17)4-11-13(8)21-15(24)14(23)20-11;/h3-4,7H,2,5-6H2,1H3,(H,18,19)(H,20,23)(H,21,24);1H. The summed E-state index contributed by atoms with van der Waals surface area (Å²) >= 11 is 4.76. The maximum Gasteiger partial charge on any atom is 0.314 e. The smallest absolute Gasteiger partial charge is 0.314 e. The number of carbonyl (C=O) groups is 1. The summed E-state index contributed by atoms with van der Waals surface area (Å²) in [6.45, 7) is 2.47. The van der Waals surface area contributed by atoms with Crippen LogP contribution in [0.1, 0.15) is 18.2 Å². The van der Waals surface area contributed by atoms with E-state index in [1.807, 2.05) is 6.07 Å². The van der Waals surface area contributed by atoms with Crippen molar-refractivity contribution in [3.05, 3.63) is 54.0 Å². The number of hydrogen-bond donors (Lipinski definition) is 3. The zero-order valence-electron chi connectivity index (χ0n) is 14.1. The number of carbonyl (C=O) groups excluding carboxylic acids is 1. The number of nitrogens with zero attached hydrogens (tertiary/aromatic N) is 1. The second-order valence-corrected chi connectivity index (χ2v) is 7.15. The Morgan fingerprint density at radius 3 is 2.78 bits per heavy atom. The fraction of sp³-hybridized carbons (Fsp3) is 0.250. The van der Waals surface area contributed by atoms with Crippen LogP contribution in [0.2, 0.25) is 0 Å². The Hall–Kier alpha value is -1.98. The van der Waals surface area contributed by atoms with Crippen LogP contribution >= 0.6 is 44.2 Å². The minimum Gasteiger partial charge on any atom is -0.466 e. The van der Waals surface area contributed by atoms with E-state index in [4.69, 9.17) is 4.74 Å². The van der Waals surface area contributed by atoms with Crippen LogP contribution in [0.5, 0.6) is 0 Å². The topological polar surface area (TPSA) is 117 Å². The number of ether oxygens (including phenoxy) is 1. The summed E-state index contributed by atoms with van der Waals surface area (Å²) in [4.78, 5) is 44.1. The molecule has 8 nitrogen and oxygen atoms in total. The second kappa shape index (κ2) is 9.29. The summed E-state index contributed by atoms with van der Waals surface area (Å²) in [6, 6.07) is 3.56. The van der Waals surface area contributed by atoms with Crippen LogP contribution in [0, 0.1) is 0 Å². The number of H-pyrrole nitrogens is 2.